The van der Waals surface area contributed by atoms with Crippen LogP contribution < -0.4 is 10.1 Å². The number of aromatic nitrogens is 1. The van der Waals surface area contributed by atoms with E-state index in [4.69, 9.17) is 4.74 Å². The zero-order chi connectivity index (χ0) is 12.8. The third-order valence-corrected chi connectivity index (χ3v) is 3.10. The fourth-order valence-corrected chi connectivity index (χ4v) is 2.14. The van der Waals surface area contributed by atoms with Crippen molar-refractivity contribution >= 4 is 15.9 Å². The Labute approximate surface area is 116 Å². The number of hydrogen-bond donors (Lipinski definition) is 1. The van der Waals surface area contributed by atoms with Gasteiger partial charge < -0.3 is 14.6 Å². The Bertz CT molecular complexity index is 496. The van der Waals surface area contributed by atoms with Gasteiger partial charge in [0.05, 0.1) is 6.54 Å². The Balaban J connectivity index is 1.81. The Morgan fingerprint density at radius 2 is 2.22 bits per heavy atom. The van der Waals surface area contributed by atoms with Crippen LogP contribution in [0.3, 0.4) is 0 Å². The molecule has 0 spiro atoms. The van der Waals surface area contributed by atoms with E-state index >= 15 is 0 Å². The Kier molecular flexibility index (Phi) is 4.84. The molecule has 2 aromatic rings. The Morgan fingerprint density at radius 3 is 3.00 bits per heavy atom. The highest BCUT2D eigenvalue weighted by Crippen LogP contribution is 2.17. The molecule has 1 aromatic carbocycles. The van der Waals surface area contributed by atoms with E-state index in [9.17, 15) is 0 Å². The molecule has 0 aliphatic heterocycles. The van der Waals surface area contributed by atoms with Gasteiger partial charge in [-0.1, -0.05) is 22.0 Å². The molecule has 0 unspecified atom stereocenters. The van der Waals surface area contributed by atoms with Gasteiger partial charge in [-0.05, 0) is 36.9 Å². The molecule has 18 heavy (non-hydrogen) atoms. The lowest BCUT2D eigenvalue weighted by Crippen LogP contribution is -2.07. The number of nitrogens with one attached hydrogen (secondary N) is 1. The lowest BCUT2D eigenvalue weighted by atomic mass is 10.3. The monoisotopic (exact) mass is 308 g/mol. The van der Waals surface area contributed by atoms with Crippen molar-refractivity contribution in [3.63, 3.8) is 0 Å². The van der Waals surface area contributed by atoms with Crippen LogP contribution in [0, 0.1) is 0 Å². The van der Waals surface area contributed by atoms with Crippen molar-refractivity contribution in [1.82, 2.24) is 9.88 Å². The molecule has 2 rings (SSSR count). The number of benzene rings is 1. The minimum atomic E-state index is 0.671. The summed E-state index contributed by atoms with van der Waals surface area (Å²) in [6, 6.07) is 10.0. The molecule has 4 heteroatoms. The van der Waals surface area contributed by atoms with Crippen LogP contribution in [-0.4, -0.2) is 18.2 Å². The van der Waals surface area contributed by atoms with E-state index in [2.05, 4.69) is 44.3 Å². The van der Waals surface area contributed by atoms with Crippen LogP contribution in [0.4, 0.5) is 0 Å². The van der Waals surface area contributed by atoms with Crippen molar-refractivity contribution in [2.45, 2.75) is 13.1 Å². The van der Waals surface area contributed by atoms with Crippen molar-refractivity contribution in [3.8, 4) is 5.75 Å². The highest BCUT2D eigenvalue weighted by atomic mass is 79.9. The maximum atomic E-state index is 5.69. The van der Waals surface area contributed by atoms with Crippen molar-refractivity contribution in [1.29, 1.82) is 0 Å². The highest BCUT2D eigenvalue weighted by molar-refractivity contribution is 9.10. The number of ether oxygens (including phenoxy) is 1. The first kappa shape index (κ1) is 13.2. The second-order valence-corrected chi connectivity index (χ2v) is 5.01. The van der Waals surface area contributed by atoms with E-state index in [-0.39, 0.29) is 0 Å². The average Bonchev–Trinajstić information content (AvgIpc) is 2.78. The van der Waals surface area contributed by atoms with Gasteiger partial charge in [0.2, 0.25) is 0 Å². The zero-order valence-electron chi connectivity index (χ0n) is 10.4. The minimum absolute atomic E-state index is 0.671. The van der Waals surface area contributed by atoms with Gasteiger partial charge in [0, 0.05) is 23.4 Å². The first-order chi connectivity index (χ1) is 8.78. The maximum absolute atomic E-state index is 5.69. The Hall–Kier alpha value is -1.26. The summed E-state index contributed by atoms with van der Waals surface area (Å²) in [7, 11) is 1.95. The van der Waals surface area contributed by atoms with Gasteiger partial charge in [-0.2, -0.15) is 0 Å². The summed E-state index contributed by atoms with van der Waals surface area (Å²) in [5.74, 6) is 0.895. The third kappa shape index (κ3) is 3.89. The van der Waals surface area contributed by atoms with E-state index in [1.165, 1.54) is 5.56 Å². The molecule has 0 aliphatic rings. The van der Waals surface area contributed by atoms with Crippen molar-refractivity contribution < 1.29 is 4.74 Å². The summed E-state index contributed by atoms with van der Waals surface area (Å²) in [6.07, 6.45) is 4.22. The van der Waals surface area contributed by atoms with Gasteiger partial charge in [0.15, 0.2) is 0 Å². The standard InChI is InChI=1S/C14H17BrN2O/c1-16-10-12-5-6-17(11-12)7-8-18-14-4-2-3-13(15)9-14/h2-6,9,11,16H,7-8,10H2,1H3. The second-order valence-electron chi connectivity index (χ2n) is 4.09. The molecule has 1 N–H and O–H groups in total. The molecule has 1 heterocycles. The molecule has 0 fully saturated rings. The van der Waals surface area contributed by atoms with Gasteiger partial charge in [0.25, 0.3) is 0 Å². The van der Waals surface area contributed by atoms with Crippen molar-refractivity contribution in [3.05, 3.63) is 52.8 Å². The summed E-state index contributed by atoms with van der Waals surface area (Å²) in [5.41, 5.74) is 1.29. The lowest BCUT2D eigenvalue weighted by Gasteiger charge is -2.07. The van der Waals surface area contributed by atoms with Gasteiger partial charge >= 0.3 is 0 Å². The van der Waals surface area contributed by atoms with Crippen LogP contribution in [0.2, 0.25) is 0 Å². The highest BCUT2D eigenvalue weighted by Gasteiger charge is 1.97. The molecule has 3 nitrogen and oxygen atoms in total. The van der Waals surface area contributed by atoms with Crippen LogP contribution in [0.5, 0.6) is 5.75 Å². The van der Waals surface area contributed by atoms with Crippen LogP contribution in [0.1, 0.15) is 5.56 Å². The molecule has 0 radical (unpaired) electrons. The van der Waals surface area contributed by atoms with E-state index in [0.717, 1.165) is 23.3 Å². The quantitative estimate of drug-likeness (QED) is 0.887. The van der Waals surface area contributed by atoms with Gasteiger partial charge in [-0.25, -0.2) is 0 Å². The first-order valence-electron chi connectivity index (χ1n) is 5.95. The molecular weight excluding hydrogens is 292 g/mol. The minimum Gasteiger partial charge on any atom is -0.492 e. The summed E-state index contributed by atoms with van der Waals surface area (Å²) in [4.78, 5) is 0. The fraction of sp³-hybridized carbons (Fsp3) is 0.286. The molecule has 96 valence electrons. The molecule has 1 aromatic heterocycles. The number of halogens is 1. The van der Waals surface area contributed by atoms with Crippen LogP contribution >= 0.6 is 15.9 Å². The van der Waals surface area contributed by atoms with E-state index in [0.29, 0.717) is 6.61 Å². The second kappa shape index (κ2) is 6.61. The lowest BCUT2D eigenvalue weighted by molar-refractivity contribution is 0.298. The fourth-order valence-electron chi connectivity index (χ4n) is 1.76. The molecular formula is C14H17BrN2O. The van der Waals surface area contributed by atoms with Crippen LogP contribution in [0.15, 0.2) is 47.2 Å². The summed E-state index contributed by atoms with van der Waals surface area (Å²) < 4.78 is 8.88. The third-order valence-electron chi connectivity index (χ3n) is 2.61. The summed E-state index contributed by atoms with van der Waals surface area (Å²) >= 11 is 3.43. The number of rotatable bonds is 6. The average molecular weight is 309 g/mol. The van der Waals surface area contributed by atoms with Crippen LogP contribution in [0.25, 0.3) is 0 Å². The SMILES string of the molecule is CNCc1ccn(CCOc2cccc(Br)c2)c1. The predicted octanol–water partition coefficient (Wildman–Crippen LogP) is 3.05. The number of hydrogen-bond acceptors (Lipinski definition) is 2. The first-order valence-corrected chi connectivity index (χ1v) is 6.75. The predicted molar refractivity (Wildman–Crippen MR) is 76.8 cm³/mol. The van der Waals surface area contributed by atoms with Gasteiger partial charge in [0.1, 0.15) is 12.4 Å². The van der Waals surface area contributed by atoms with Crippen molar-refractivity contribution in [2.75, 3.05) is 13.7 Å². The molecule has 0 saturated heterocycles. The van der Waals surface area contributed by atoms with Gasteiger partial charge in [-0.3, -0.25) is 0 Å². The summed E-state index contributed by atoms with van der Waals surface area (Å²) in [6.45, 7) is 2.43. The van der Waals surface area contributed by atoms with E-state index in [1.54, 1.807) is 0 Å². The number of nitrogens with zero attached hydrogens (tertiary/aromatic N) is 1. The normalized spacial score (nSPS) is 10.6. The van der Waals surface area contributed by atoms with E-state index in [1.807, 2.05) is 31.3 Å². The molecule has 0 amide bonds. The smallest absolute Gasteiger partial charge is 0.120 e. The molecule has 0 saturated carbocycles. The molecule has 0 bridgehead atoms. The largest absolute Gasteiger partial charge is 0.492 e. The van der Waals surface area contributed by atoms with E-state index < -0.39 is 0 Å². The summed E-state index contributed by atoms with van der Waals surface area (Å²) in [5, 5.41) is 3.14. The van der Waals surface area contributed by atoms with Crippen LogP contribution in [-0.2, 0) is 13.1 Å². The van der Waals surface area contributed by atoms with Gasteiger partial charge in [-0.15, -0.1) is 0 Å². The molecule has 0 atom stereocenters. The Morgan fingerprint density at radius 1 is 1.33 bits per heavy atom. The van der Waals surface area contributed by atoms with Crippen molar-refractivity contribution in [2.24, 2.45) is 0 Å². The molecule has 0 aliphatic carbocycles. The topological polar surface area (TPSA) is 26.2 Å². The zero-order valence-corrected chi connectivity index (χ0v) is 12.0. The maximum Gasteiger partial charge on any atom is 0.120 e.